The van der Waals surface area contributed by atoms with E-state index in [4.69, 9.17) is 9.47 Å². The first-order valence-electron chi connectivity index (χ1n) is 7.76. The van der Waals surface area contributed by atoms with Gasteiger partial charge < -0.3 is 19.9 Å². The fourth-order valence-electron chi connectivity index (χ4n) is 2.53. The molecule has 0 bridgehead atoms. The summed E-state index contributed by atoms with van der Waals surface area (Å²) in [7, 11) is 2.92. The average molecular weight is 343 g/mol. The standard InChI is InChI=1S/C19H21NO5/c1-12-7-9-13(10-8-12)14(11-17(21)22)20-19(23)18-15(24-2)5-4-6-16(18)25-3/h4-10,14H,11H2,1-3H3,(H,20,23)(H,21,22)/t14-/m1/s1. The van der Waals surface area contributed by atoms with Crippen molar-refractivity contribution in [1.82, 2.24) is 5.32 Å². The van der Waals surface area contributed by atoms with Crippen molar-refractivity contribution in [2.24, 2.45) is 0 Å². The van der Waals surface area contributed by atoms with Gasteiger partial charge in [-0.15, -0.1) is 0 Å². The molecule has 0 heterocycles. The van der Waals surface area contributed by atoms with Crippen LogP contribution in [0.25, 0.3) is 0 Å². The molecule has 0 radical (unpaired) electrons. The number of ether oxygens (including phenoxy) is 2. The molecule has 1 atom stereocenters. The number of amides is 1. The predicted molar refractivity (Wildman–Crippen MR) is 93.2 cm³/mol. The van der Waals surface area contributed by atoms with Gasteiger partial charge in [-0.3, -0.25) is 9.59 Å². The van der Waals surface area contributed by atoms with Gasteiger partial charge in [-0.2, -0.15) is 0 Å². The smallest absolute Gasteiger partial charge is 0.305 e. The largest absolute Gasteiger partial charge is 0.496 e. The maximum absolute atomic E-state index is 12.8. The molecular weight excluding hydrogens is 322 g/mol. The number of carbonyl (C=O) groups excluding carboxylic acids is 1. The lowest BCUT2D eigenvalue weighted by atomic mass is 10.0. The Bertz CT molecular complexity index is 733. The van der Waals surface area contributed by atoms with Crippen molar-refractivity contribution in [1.29, 1.82) is 0 Å². The zero-order valence-corrected chi connectivity index (χ0v) is 14.4. The van der Waals surface area contributed by atoms with Crippen LogP contribution in [-0.4, -0.2) is 31.2 Å². The zero-order valence-electron chi connectivity index (χ0n) is 14.4. The minimum atomic E-state index is -1.00. The Balaban J connectivity index is 2.34. The van der Waals surface area contributed by atoms with Gasteiger partial charge in [0.1, 0.15) is 17.1 Å². The highest BCUT2D eigenvalue weighted by molar-refractivity contribution is 6.00. The van der Waals surface area contributed by atoms with E-state index in [-0.39, 0.29) is 12.0 Å². The highest BCUT2D eigenvalue weighted by Crippen LogP contribution is 2.29. The van der Waals surface area contributed by atoms with Gasteiger partial charge in [-0.05, 0) is 24.6 Å². The van der Waals surface area contributed by atoms with Gasteiger partial charge in [0.25, 0.3) is 5.91 Å². The Morgan fingerprint density at radius 3 is 2.08 bits per heavy atom. The summed E-state index contributed by atoms with van der Waals surface area (Å²) >= 11 is 0. The summed E-state index contributed by atoms with van der Waals surface area (Å²) < 4.78 is 10.5. The SMILES string of the molecule is COc1cccc(OC)c1C(=O)N[C@H](CC(=O)O)c1ccc(C)cc1. The van der Waals surface area contributed by atoms with E-state index in [0.717, 1.165) is 11.1 Å². The molecule has 0 aliphatic rings. The van der Waals surface area contributed by atoms with Crippen LogP contribution in [0.2, 0.25) is 0 Å². The van der Waals surface area contributed by atoms with E-state index in [1.807, 2.05) is 31.2 Å². The van der Waals surface area contributed by atoms with Crippen molar-refractivity contribution in [3.05, 3.63) is 59.2 Å². The third-order valence-corrected chi connectivity index (χ3v) is 3.82. The molecule has 132 valence electrons. The molecular formula is C19H21NO5. The molecule has 0 aliphatic carbocycles. The normalized spacial score (nSPS) is 11.5. The number of benzene rings is 2. The van der Waals surface area contributed by atoms with Crippen molar-refractivity contribution in [3.8, 4) is 11.5 Å². The molecule has 1 amide bonds. The molecule has 0 saturated heterocycles. The zero-order chi connectivity index (χ0) is 18.4. The van der Waals surface area contributed by atoms with Crippen LogP contribution >= 0.6 is 0 Å². The summed E-state index contributed by atoms with van der Waals surface area (Å²) in [6, 6.07) is 11.7. The van der Waals surface area contributed by atoms with E-state index in [1.54, 1.807) is 18.2 Å². The van der Waals surface area contributed by atoms with Crippen molar-refractivity contribution < 1.29 is 24.2 Å². The third-order valence-electron chi connectivity index (χ3n) is 3.82. The predicted octanol–water partition coefficient (Wildman–Crippen LogP) is 2.96. The minimum Gasteiger partial charge on any atom is -0.496 e. The number of hydrogen-bond acceptors (Lipinski definition) is 4. The molecule has 6 nitrogen and oxygen atoms in total. The summed E-state index contributed by atoms with van der Waals surface area (Å²) in [5, 5.41) is 12.0. The molecule has 0 aliphatic heterocycles. The van der Waals surface area contributed by atoms with Gasteiger partial charge in [-0.1, -0.05) is 35.9 Å². The van der Waals surface area contributed by atoms with Gasteiger partial charge in [0.05, 0.1) is 26.7 Å². The summed E-state index contributed by atoms with van der Waals surface area (Å²) in [5.74, 6) is -0.747. The number of carbonyl (C=O) groups is 2. The van der Waals surface area contributed by atoms with Gasteiger partial charge in [0.2, 0.25) is 0 Å². The van der Waals surface area contributed by atoms with Gasteiger partial charge in [-0.25, -0.2) is 0 Å². The van der Waals surface area contributed by atoms with E-state index >= 15 is 0 Å². The highest BCUT2D eigenvalue weighted by Gasteiger charge is 2.23. The molecule has 0 saturated carbocycles. The van der Waals surface area contributed by atoms with Crippen LogP contribution in [0.1, 0.15) is 33.9 Å². The Morgan fingerprint density at radius 2 is 1.60 bits per heavy atom. The van der Waals surface area contributed by atoms with Crippen LogP contribution in [0.15, 0.2) is 42.5 Å². The monoisotopic (exact) mass is 343 g/mol. The second-order valence-corrected chi connectivity index (χ2v) is 5.57. The molecule has 6 heteroatoms. The lowest BCUT2D eigenvalue weighted by Crippen LogP contribution is -2.30. The van der Waals surface area contributed by atoms with Gasteiger partial charge >= 0.3 is 5.97 Å². The lowest BCUT2D eigenvalue weighted by Gasteiger charge is -2.19. The number of carboxylic acid groups (broad SMARTS) is 1. The molecule has 0 fully saturated rings. The Labute approximate surface area is 146 Å². The van der Waals surface area contributed by atoms with Crippen molar-refractivity contribution in [2.75, 3.05) is 14.2 Å². The molecule has 2 N–H and O–H groups in total. The summed E-state index contributed by atoms with van der Waals surface area (Å²) in [6.45, 7) is 1.94. The maximum atomic E-state index is 12.8. The number of nitrogens with one attached hydrogen (secondary N) is 1. The minimum absolute atomic E-state index is 0.230. The third kappa shape index (κ3) is 4.50. The van der Waals surface area contributed by atoms with Crippen LogP contribution in [-0.2, 0) is 4.79 Å². The fraction of sp³-hybridized carbons (Fsp3) is 0.263. The first-order valence-corrected chi connectivity index (χ1v) is 7.76. The van der Waals surface area contributed by atoms with E-state index in [9.17, 15) is 14.7 Å². The summed E-state index contributed by atoms with van der Waals surface area (Å²) in [6.07, 6.45) is -0.230. The first kappa shape index (κ1) is 18.3. The van der Waals surface area contributed by atoms with Crippen LogP contribution in [0.5, 0.6) is 11.5 Å². The number of aliphatic carboxylic acids is 1. The highest BCUT2D eigenvalue weighted by atomic mass is 16.5. The topological polar surface area (TPSA) is 84.9 Å². The molecule has 0 unspecified atom stereocenters. The van der Waals surface area contributed by atoms with Crippen molar-refractivity contribution in [3.63, 3.8) is 0 Å². The second kappa shape index (κ2) is 8.19. The molecule has 0 spiro atoms. The number of rotatable bonds is 7. The summed E-state index contributed by atoms with van der Waals surface area (Å²) in [5.41, 5.74) is 2.00. The van der Waals surface area contributed by atoms with Gasteiger partial charge in [0, 0.05) is 0 Å². The maximum Gasteiger partial charge on any atom is 0.305 e. The molecule has 2 aromatic rings. The number of methoxy groups -OCH3 is 2. The number of hydrogen-bond donors (Lipinski definition) is 2. The van der Waals surface area contributed by atoms with E-state index in [1.165, 1.54) is 14.2 Å². The molecule has 2 rings (SSSR count). The van der Waals surface area contributed by atoms with E-state index in [2.05, 4.69) is 5.32 Å². The van der Waals surface area contributed by atoms with Crippen LogP contribution in [0.3, 0.4) is 0 Å². The second-order valence-electron chi connectivity index (χ2n) is 5.57. The number of carboxylic acids is 1. The van der Waals surface area contributed by atoms with Crippen molar-refractivity contribution >= 4 is 11.9 Å². The Kier molecular flexibility index (Phi) is 6.00. The molecule has 25 heavy (non-hydrogen) atoms. The van der Waals surface area contributed by atoms with Crippen molar-refractivity contribution in [2.45, 2.75) is 19.4 Å². The lowest BCUT2D eigenvalue weighted by molar-refractivity contribution is -0.137. The quantitative estimate of drug-likeness (QED) is 0.807. The van der Waals surface area contributed by atoms with E-state index in [0.29, 0.717) is 11.5 Å². The molecule has 2 aromatic carbocycles. The fourth-order valence-corrected chi connectivity index (χ4v) is 2.53. The van der Waals surface area contributed by atoms with E-state index < -0.39 is 17.9 Å². The average Bonchev–Trinajstić information content (AvgIpc) is 2.60. The Morgan fingerprint density at radius 1 is 1.04 bits per heavy atom. The van der Waals surface area contributed by atoms with Crippen LogP contribution in [0.4, 0.5) is 0 Å². The van der Waals surface area contributed by atoms with Crippen LogP contribution < -0.4 is 14.8 Å². The first-order chi connectivity index (χ1) is 12.0. The van der Waals surface area contributed by atoms with Gasteiger partial charge in [0.15, 0.2) is 0 Å². The molecule has 0 aromatic heterocycles. The van der Waals surface area contributed by atoms with Crippen LogP contribution in [0, 0.1) is 6.92 Å². The number of aryl methyl sites for hydroxylation is 1. The summed E-state index contributed by atoms with van der Waals surface area (Å²) in [4.78, 5) is 24.0. The Hall–Kier alpha value is -3.02.